The van der Waals surface area contributed by atoms with Gasteiger partial charge in [-0.05, 0) is 30.5 Å². The number of urea groups is 1. The van der Waals surface area contributed by atoms with Crippen LogP contribution in [0.2, 0.25) is 0 Å². The second-order valence-corrected chi connectivity index (χ2v) is 4.96. The van der Waals surface area contributed by atoms with E-state index in [1.54, 1.807) is 12.1 Å². The first-order valence-electron chi connectivity index (χ1n) is 6.87. The summed E-state index contributed by atoms with van der Waals surface area (Å²) in [6.45, 7) is 0.848. The third-order valence-corrected chi connectivity index (χ3v) is 3.35. The summed E-state index contributed by atoms with van der Waals surface area (Å²) in [7, 11) is 0. The first-order chi connectivity index (χ1) is 10.1. The minimum Gasteiger partial charge on any atom is -0.364 e. The molecule has 0 aliphatic carbocycles. The van der Waals surface area contributed by atoms with Crippen LogP contribution >= 0.6 is 12.4 Å². The second-order valence-electron chi connectivity index (χ2n) is 4.96. The van der Waals surface area contributed by atoms with Crippen molar-refractivity contribution in [2.75, 3.05) is 11.9 Å². The lowest BCUT2D eigenvalue weighted by molar-refractivity contribution is -0.132. The van der Waals surface area contributed by atoms with Gasteiger partial charge in [0.2, 0.25) is 5.91 Å². The summed E-state index contributed by atoms with van der Waals surface area (Å²) in [4.78, 5) is 22.6. The quantitative estimate of drug-likeness (QED) is 0.636. The topological polar surface area (TPSA) is 119 Å². The summed E-state index contributed by atoms with van der Waals surface area (Å²) >= 11 is 0. The van der Waals surface area contributed by atoms with Crippen molar-refractivity contribution in [1.82, 2.24) is 5.32 Å². The smallest absolute Gasteiger partial charge is 0.316 e. The highest BCUT2D eigenvalue weighted by Gasteiger charge is 2.29. The van der Waals surface area contributed by atoms with Gasteiger partial charge in [-0.3, -0.25) is 4.79 Å². The van der Waals surface area contributed by atoms with Gasteiger partial charge >= 0.3 is 6.03 Å². The lowest BCUT2D eigenvalue weighted by atomic mass is 10.1. The van der Waals surface area contributed by atoms with E-state index in [0.29, 0.717) is 25.2 Å². The van der Waals surface area contributed by atoms with E-state index in [2.05, 4.69) is 10.6 Å². The minimum atomic E-state index is -0.608. The van der Waals surface area contributed by atoms with Gasteiger partial charge in [0.05, 0.1) is 6.10 Å². The van der Waals surface area contributed by atoms with Crippen molar-refractivity contribution in [3.8, 4) is 0 Å². The van der Waals surface area contributed by atoms with Gasteiger partial charge in [0.15, 0.2) is 0 Å². The molecule has 0 saturated carbocycles. The number of halogens is 1. The Balaban J connectivity index is 0.00000242. The van der Waals surface area contributed by atoms with E-state index >= 15 is 0 Å². The summed E-state index contributed by atoms with van der Waals surface area (Å²) in [6, 6.07) is 6.46. The van der Waals surface area contributed by atoms with Crippen LogP contribution in [-0.4, -0.2) is 30.7 Å². The molecule has 1 aromatic carbocycles. The van der Waals surface area contributed by atoms with Gasteiger partial charge in [-0.15, -0.1) is 12.4 Å². The number of rotatable bonds is 5. The number of nitrogens with one attached hydrogen (secondary N) is 2. The average molecular weight is 329 g/mol. The molecule has 1 aromatic rings. The Bertz CT molecular complexity index is 509. The third-order valence-electron chi connectivity index (χ3n) is 3.35. The highest BCUT2D eigenvalue weighted by atomic mass is 35.5. The number of anilines is 1. The van der Waals surface area contributed by atoms with Crippen molar-refractivity contribution in [2.24, 2.45) is 11.5 Å². The fraction of sp³-hybridized carbons (Fsp3) is 0.429. The molecule has 0 aromatic heterocycles. The highest BCUT2D eigenvalue weighted by molar-refractivity contribution is 5.87. The fourth-order valence-corrected chi connectivity index (χ4v) is 2.22. The van der Waals surface area contributed by atoms with Crippen molar-refractivity contribution in [1.29, 1.82) is 0 Å². The molecule has 2 rings (SSSR count). The van der Waals surface area contributed by atoms with Gasteiger partial charge in [0.25, 0.3) is 0 Å². The standard InChI is InChI=1S/C14H20N4O3.ClH/c15-7-11-5-6-12(21-11)13(19)17-8-9-1-3-10(4-2-9)18-14(16)20;/h1-4,11-12H,5-8,15H2,(H,17,19)(H3,16,18,20);1H/t11-,12+;/m1./s1. The zero-order chi connectivity index (χ0) is 15.2. The molecule has 22 heavy (non-hydrogen) atoms. The van der Waals surface area contributed by atoms with E-state index in [1.807, 2.05) is 12.1 Å². The summed E-state index contributed by atoms with van der Waals surface area (Å²) in [5.74, 6) is -0.120. The number of hydrogen-bond donors (Lipinski definition) is 4. The van der Waals surface area contributed by atoms with E-state index in [0.717, 1.165) is 12.0 Å². The second kappa shape index (κ2) is 8.57. The zero-order valence-corrected chi connectivity index (χ0v) is 12.9. The lowest BCUT2D eigenvalue weighted by Crippen LogP contribution is -2.35. The van der Waals surface area contributed by atoms with Crippen LogP contribution < -0.4 is 22.1 Å². The summed E-state index contributed by atoms with van der Waals surface area (Å²) in [6.07, 6.45) is 1.10. The molecule has 1 heterocycles. The molecule has 8 heteroatoms. The number of benzene rings is 1. The highest BCUT2D eigenvalue weighted by Crippen LogP contribution is 2.19. The van der Waals surface area contributed by atoms with Crippen molar-refractivity contribution < 1.29 is 14.3 Å². The van der Waals surface area contributed by atoms with Gasteiger partial charge < -0.3 is 26.8 Å². The zero-order valence-electron chi connectivity index (χ0n) is 12.1. The number of carbonyl (C=O) groups excluding carboxylic acids is 2. The SMILES string of the molecule is Cl.NC[C@H]1CC[C@@H](C(=O)NCc2ccc(NC(N)=O)cc2)O1. The van der Waals surface area contributed by atoms with Gasteiger partial charge in [0, 0.05) is 18.8 Å². The van der Waals surface area contributed by atoms with E-state index in [4.69, 9.17) is 16.2 Å². The molecule has 7 nitrogen and oxygen atoms in total. The van der Waals surface area contributed by atoms with Crippen LogP contribution in [-0.2, 0) is 16.1 Å². The van der Waals surface area contributed by atoms with Crippen LogP contribution in [0.4, 0.5) is 10.5 Å². The molecule has 2 atom stereocenters. The van der Waals surface area contributed by atoms with Crippen molar-refractivity contribution in [2.45, 2.75) is 31.6 Å². The Morgan fingerprint density at radius 2 is 1.91 bits per heavy atom. The number of hydrogen-bond acceptors (Lipinski definition) is 4. The molecule has 0 unspecified atom stereocenters. The normalized spacial score (nSPS) is 20.0. The maximum Gasteiger partial charge on any atom is 0.316 e. The van der Waals surface area contributed by atoms with Crippen LogP contribution in [0.15, 0.2) is 24.3 Å². The predicted octanol–water partition coefficient (Wildman–Crippen LogP) is 0.721. The Morgan fingerprint density at radius 1 is 1.23 bits per heavy atom. The lowest BCUT2D eigenvalue weighted by Gasteiger charge is -2.13. The van der Waals surface area contributed by atoms with Crippen LogP contribution in [0.3, 0.4) is 0 Å². The summed E-state index contributed by atoms with van der Waals surface area (Å²) in [5.41, 5.74) is 12.1. The summed E-state index contributed by atoms with van der Waals surface area (Å²) in [5, 5.41) is 5.30. The van der Waals surface area contributed by atoms with Gasteiger partial charge in [-0.1, -0.05) is 12.1 Å². The Hall–Kier alpha value is -1.83. The molecular formula is C14H21ClN4O3. The van der Waals surface area contributed by atoms with Crippen LogP contribution in [0, 0.1) is 0 Å². The molecule has 6 N–H and O–H groups in total. The Morgan fingerprint density at radius 3 is 2.45 bits per heavy atom. The van der Waals surface area contributed by atoms with Gasteiger partial charge in [-0.2, -0.15) is 0 Å². The number of carbonyl (C=O) groups is 2. The molecule has 0 bridgehead atoms. The minimum absolute atomic E-state index is 0. The number of primary amides is 1. The largest absolute Gasteiger partial charge is 0.364 e. The number of nitrogens with two attached hydrogens (primary N) is 2. The van der Waals surface area contributed by atoms with E-state index in [9.17, 15) is 9.59 Å². The van der Waals surface area contributed by atoms with Crippen LogP contribution in [0.5, 0.6) is 0 Å². The molecule has 0 spiro atoms. The number of ether oxygens (including phenoxy) is 1. The molecule has 122 valence electrons. The summed E-state index contributed by atoms with van der Waals surface area (Å²) < 4.78 is 5.53. The molecule has 1 saturated heterocycles. The third kappa shape index (κ3) is 5.18. The van der Waals surface area contributed by atoms with Crippen LogP contribution in [0.25, 0.3) is 0 Å². The average Bonchev–Trinajstić information content (AvgIpc) is 2.94. The fourth-order valence-electron chi connectivity index (χ4n) is 2.22. The van der Waals surface area contributed by atoms with Gasteiger partial charge in [-0.25, -0.2) is 4.79 Å². The molecule has 3 amide bonds. The van der Waals surface area contributed by atoms with E-state index in [-0.39, 0.29) is 24.4 Å². The first kappa shape index (κ1) is 18.2. The molecule has 0 radical (unpaired) electrons. The predicted molar refractivity (Wildman–Crippen MR) is 85.7 cm³/mol. The van der Waals surface area contributed by atoms with Gasteiger partial charge in [0.1, 0.15) is 6.10 Å². The monoisotopic (exact) mass is 328 g/mol. The van der Waals surface area contributed by atoms with E-state index < -0.39 is 12.1 Å². The molecule has 1 aliphatic rings. The maximum atomic E-state index is 11.9. The maximum absolute atomic E-state index is 11.9. The molecular weight excluding hydrogens is 308 g/mol. The molecule has 1 aliphatic heterocycles. The van der Waals surface area contributed by atoms with Crippen molar-refractivity contribution in [3.63, 3.8) is 0 Å². The van der Waals surface area contributed by atoms with E-state index in [1.165, 1.54) is 0 Å². The number of amides is 3. The first-order valence-corrected chi connectivity index (χ1v) is 6.87. The Labute approximate surface area is 135 Å². The molecule has 1 fully saturated rings. The van der Waals surface area contributed by atoms with Crippen molar-refractivity contribution in [3.05, 3.63) is 29.8 Å². The Kier molecular flexibility index (Phi) is 7.10. The van der Waals surface area contributed by atoms with Crippen molar-refractivity contribution >= 4 is 30.0 Å². The van der Waals surface area contributed by atoms with Crippen LogP contribution in [0.1, 0.15) is 18.4 Å².